The van der Waals surface area contributed by atoms with Crippen molar-refractivity contribution < 1.29 is 13.2 Å². The summed E-state index contributed by atoms with van der Waals surface area (Å²) < 4.78 is 23.7. The topological polar surface area (TPSA) is 90.9 Å². The van der Waals surface area contributed by atoms with E-state index >= 15 is 0 Å². The van der Waals surface area contributed by atoms with Gasteiger partial charge in [-0.2, -0.15) is 0 Å². The first-order valence-electron chi connectivity index (χ1n) is 10.3. The standard InChI is InChI=1S/C21H32N4O3S/c1-21(2)15-25(11-12-29(21,27)28)20(22-3)23-14-16-7-6-10-18(13-16)24-19(26)17-8-4-5-9-17/h6-7,10,13,17H,4-5,8-9,11-12,14-15H2,1-3H3,(H,22,23)(H,24,26). The van der Waals surface area contributed by atoms with E-state index in [1.165, 1.54) is 0 Å². The highest BCUT2D eigenvalue weighted by atomic mass is 32.2. The number of nitrogens with one attached hydrogen (secondary N) is 2. The van der Waals surface area contributed by atoms with Gasteiger partial charge >= 0.3 is 0 Å². The zero-order chi connectivity index (χ0) is 21.1. The molecule has 1 aliphatic carbocycles. The van der Waals surface area contributed by atoms with Crippen LogP contribution in [0.1, 0.15) is 45.1 Å². The van der Waals surface area contributed by atoms with Crippen LogP contribution in [0.2, 0.25) is 0 Å². The highest BCUT2D eigenvalue weighted by Gasteiger charge is 2.40. The Morgan fingerprint density at radius 1 is 1.28 bits per heavy atom. The van der Waals surface area contributed by atoms with Gasteiger partial charge in [0.05, 0.1) is 10.5 Å². The number of amides is 1. The number of carbonyl (C=O) groups excluding carboxylic acids is 1. The van der Waals surface area contributed by atoms with E-state index in [4.69, 9.17) is 0 Å². The molecule has 160 valence electrons. The van der Waals surface area contributed by atoms with Crippen molar-refractivity contribution in [3.05, 3.63) is 29.8 Å². The molecule has 2 aliphatic rings. The number of hydrogen-bond donors (Lipinski definition) is 2. The zero-order valence-corrected chi connectivity index (χ0v) is 18.4. The molecular formula is C21H32N4O3S. The van der Waals surface area contributed by atoms with Gasteiger partial charge < -0.3 is 15.5 Å². The number of hydrogen-bond acceptors (Lipinski definition) is 4. The summed E-state index contributed by atoms with van der Waals surface area (Å²) in [6, 6.07) is 7.80. The van der Waals surface area contributed by atoms with Crippen molar-refractivity contribution in [2.75, 3.05) is 31.2 Å². The lowest BCUT2D eigenvalue weighted by Gasteiger charge is -2.39. The Morgan fingerprint density at radius 3 is 2.66 bits per heavy atom. The zero-order valence-electron chi connectivity index (χ0n) is 17.6. The van der Waals surface area contributed by atoms with Gasteiger partial charge in [-0.1, -0.05) is 25.0 Å². The fourth-order valence-corrected chi connectivity index (χ4v) is 5.40. The number of guanidine groups is 1. The molecule has 1 aromatic carbocycles. The molecule has 2 N–H and O–H groups in total. The molecule has 0 unspecified atom stereocenters. The first-order chi connectivity index (χ1) is 13.7. The summed E-state index contributed by atoms with van der Waals surface area (Å²) in [5, 5.41) is 6.36. The van der Waals surface area contributed by atoms with E-state index in [-0.39, 0.29) is 17.6 Å². The summed E-state index contributed by atoms with van der Waals surface area (Å²) in [4.78, 5) is 18.7. The van der Waals surface area contributed by atoms with Crippen LogP contribution in [0.15, 0.2) is 29.3 Å². The number of benzene rings is 1. The largest absolute Gasteiger partial charge is 0.352 e. The van der Waals surface area contributed by atoms with Gasteiger partial charge in [0.15, 0.2) is 15.8 Å². The fourth-order valence-electron chi connectivity index (χ4n) is 4.03. The van der Waals surface area contributed by atoms with Crippen LogP contribution in [-0.2, 0) is 21.2 Å². The number of nitrogens with zero attached hydrogens (tertiary/aromatic N) is 2. The Balaban J connectivity index is 1.59. The third kappa shape index (κ3) is 5.10. The molecule has 0 bridgehead atoms. The average Bonchev–Trinajstić information content (AvgIpc) is 3.20. The second-order valence-electron chi connectivity index (χ2n) is 8.57. The summed E-state index contributed by atoms with van der Waals surface area (Å²) in [6.45, 7) is 4.91. The van der Waals surface area contributed by atoms with Crippen LogP contribution in [-0.4, -0.2) is 55.8 Å². The SMILES string of the molecule is CN=C(NCc1cccc(NC(=O)C2CCCC2)c1)N1CCS(=O)(=O)C(C)(C)C1. The van der Waals surface area contributed by atoms with Gasteiger partial charge in [-0.05, 0) is 44.4 Å². The van der Waals surface area contributed by atoms with Crippen molar-refractivity contribution in [3.8, 4) is 0 Å². The highest BCUT2D eigenvalue weighted by molar-refractivity contribution is 7.92. The lowest BCUT2D eigenvalue weighted by molar-refractivity contribution is -0.119. The Kier molecular flexibility index (Phi) is 6.51. The lowest BCUT2D eigenvalue weighted by Crippen LogP contribution is -2.57. The Morgan fingerprint density at radius 2 is 2.00 bits per heavy atom. The molecule has 0 aromatic heterocycles. The molecule has 1 heterocycles. The van der Waals surface area contributed by atoms with Gasteiger partial charge in [0.25, 0.3) is 0 Å². The lowest BCUT2D eigenvalue weighted by atomic mass is 10.1. The summed E-state index contributed by atoms with van der Waals surface area (Å²) in [5.74, 6) is 1.06. The van der Waals surface area contributed by atoms with Crippen molar-refractivity contribution in [2.45, 2.75) is 50.8 Å². The minimum Gasteiger partial charge on any atom is -0.352 e. The minimum absolute atomic E-state index is 0.111. The summed E-state index contributed by atoms with van der Waals surface area (Å²) >= 11 is 0. The summed E-state index contributed by atoms with van der Waals surface area (Å²) in [5.41, 5.74) is 1.83. The Hall–Kier alpha value is -2.09. The van der Waals surface area contributed by atoms with E-state index < -0.39 is 14.6 Å². The molecule has 7 nitrogen and oxygen atoms in total. The summed E-state index contributed by atoms with van der Waals surface area (Å²) in [7, 11) is -1.39. The Labute approximate surface area is 173 Å². The van der Waals surface area contributed by atoms with Crippen molar-refractivity contribution in [1.82, 2.24) is 10.2 Å². The third-order valence-corrected chi connectivity index (χ3v) is 8.46. The number of sulfone groups is 1. The van der Waals surface area contributed by atoms with Gasteiger partial charge in [0.1, 0.15) is 0 Å². The molecule has 0 spiro atoms. The molecule has 1 amide bonds. The maximum Gasteiger partial charge on any atom is 0.227 e. The van der Waals surface area contributed by atoms with Crippen LogP contribution in [0.5, 0.6) is 0 Å². The number of aliphatic imine (C=N–C) groups is 1. The van der Waals surface area contributed by atoms with Crippen molar-refractivity contribution >= 4 is 27.4 Å². The van der Waals surface area contributed by atoms with E-state index in [1.807, 2.05) is 29.2 Å². The predicted molar refractivity (Wildman–Crippen MR) is 117 cm³/mol. The number of carbonyl (C=O) groups is 1. The molecule has 0 atom stereocenters. The van der Waals surface area contributed by atoms with Crippen molar-refractivity contribution in [2.24, 2.45) is 10.9 Å². The molecule has 1 saturated carbocycles. The molecule has 2 fully saturated rings. The van der Waals surface area contributed by atoms with Crippen LogP contribution in [0, 0.1) is 5.92 Å². The maximum absolute atomic E-state index is 12.4. The van der Waals surface area contributed by atoms with E-state index in [0.717, 1.165) is 36.9 Å². The van der Waals surface area contributed by atoms with Crippen LogP contribution < -0.4 is 10.6 Å². The molecular weight excluding hydrogens is 388 g/mol. The average molecular weight is 421 g/mol. The van der Waals surface area contributed by atoms with E-state index in [2.05, 4.69) is 15.6 Å². The molecule has 0 radical (unpaired) electrons. The first-order valence-corrected chi connectivity index (χ1v) is 11.9. The number of rotatable bonds is 4. The monoisotopic (exact) mass is 420 g/mol. The van der Waals surface area contributed by atoms with Gasteiger partial charge in [-0.3, -0.25) is 9.79 Å². The highest BCUT2D eigenvalue weighted by Crippen LogP contribution is 2.26. The second kappa shape index (κ2) is 8.73. The quantitative estimate of drug-likeness (QED) is 0.577. The van der Waals surface area contributed by atoms with Gasteiger partial charge in [0.2, 0.25) is 5.91 Å². The van der Waals surface area contributed by atoms with Crippen LogP contribution >= 0.6 is 0 Å². The first kappa shape index (κ1) is 21.6. The minimum atomic E-state index is -3.09. The van der Waals surface area contributed by atoms with Gasteiger partial charge in [-0.25, -0.2) is 8.42 Å². The molecule has 1 aliphatic heterocycles. The molecule has 1 saturated heterocycles. The van der Waals surface area contributed by atoms with Crippen LogP contribution in [0.25, 0.3) is 0 Å². The van der Waals surface area contributed by atoms with Crippen molar-refractivity contribution in [3.63, 3.8) is 0 Å². The summed E-state index contributed by atoms with van der Waals surface area (Å²) in [6.07, 6.45) is 4.22. The smallest absolute Gasteiger partial charge is 0.227 e. The molecule has 3 rings (SSSR count). The van der Waals surface area contributed by atoms with Crippen molar-refractivity contribution in [1.29, 1.82) is 0 Å². The maximum atomic E-state index is 12.4. The van der Waals surface area contributed by atoms with Crippen LogP contribution in [0.3, 0.4) is 0 Å². The van der Waals surface area contributed by atoms with Crippen LogP contribution in [0.4, 0.5) is 5.69 Å². The van der Waals surface area contributed by atoms with E-state index in [9.17, 15) is 13.2 Å². The van der Waals surface area contributed by atoms with E-state index in [1.54, 1.807) is 20.9 Å². The fraction of sp³-hybridized carbons (Fsp3) is 0.619. The number of anilines is 1. The molecule has 29 heavy (non-hydrogen) atoms. The van der Waals surface area contributed by atoms with Gasteiger partial charge in [0, 0.05) is 38.3 Å². The molecule has 8 heteroatoms. The second-order valence-corrected chi connectivity index (χ2v) is 11.3. The normalized spacial score (nSPS) is 21.8. The molecule has 1 aromatic rings. The van der Waals surface area contributed by atoms with E-state index in [0.29, 0.717) is 25.6 Å². The van der Waals surface area contributed by atoms with Gasteiger partial charge in [-0.15, -0.1) is 0 Å². The Bertz CT molecular complexity index is 874. The predicted octanol–water partition coefficient (Wildman–Crippen LogP) is 2.40. The third-order valence-electron chi connectivity index (χ3n) is 5.93.